The number of sulfonamides is 1. The van der Waals surface area contributed by atoms with Gasteiger partial charge in [-0.1, -0.05) is 35.8 Å². The van der Waals surface area contributed by atoms with E-state index < -0.39 is 14.9 Å². The Morgan fingerprint density at radius 1 is 1.39 bits per heavy atom. The third-order valence-electron chi connectivity index (χ3n) is 2.71. The molecule has 0 spiro atoms. The number of benzene rings is 1. The van der Waals surface area contributed by atoms with Crippen LogP contribution in [-0.4, -0.2) is 18.2 Å². The summed E-state index contributed by atoms with van der Waals surface area (Å²) in [6, 6.07) is 3.71. The number of nitro groups is 1. The van der Waals surface area contributed by atoms with Gasteiger partial charge in [-0.3, -0.25) is 10.1 Å². The molecule has 0 aliphatic carbocycles. The van der Waals surface area contributed by atoms with E-state index in [9.17, 15) is 18.5 Å². The van der Waals surface area contributed by atoms with Gasteiger partial charge in [-0.15, -0.1) is 0 Å². The molecule has 0 saturated heterocycles. The monoisotopic (exact) mass is 336 g/mol. The van der Waals surface area contributed by atoms with Crippen LogP contribution in [0.1, 0.15) is 25.3 Å². The van der Waals surface area contributed by atoms with Gasteiger partial charge in [0.15, 0.2) is 0 Å². The van der Waals surface area contributed by atoms with Crippen LogP contribution in [0.5, 0.6) is 0 Å². The highest BCUT2D eigenvalue weighted by Crippen LogP contribution is 2.32. The van der Waals surface area contributed by atoms with E-state index >= 15 is 0 Å². The van der Waals surface area contributed by atoms with E-state index in [1.807, 2.05) is 13.8 Å². The Kier molecular flexibility index (Phi) is 4.46. The molecule has 1 aromatic carbocycles. The van der Waals surface area contributed by atoms with Crippen molar-refractivity contribution in [2.24, 2.45) is 5.14 Å². The summed E-state index contributed by atoms with van der Waals surface area (Å²) in [6.45, 7) is 3.68. The molecule has 2 unspecified atom stereocenters. The van der Waals surface area contributed by atoms with Crippen molar-refractivity contribution in [2.75, 3.05) is 0 Å². The average Bonchev–Trinajstić information content (AvgIpc) is 2.25. The largest absolute Gasteiger partial charge is 0.274 e. The number of primary sulfonamides is 1. The van der Waals surface area contributed by atoms with E-state index in [2.05, 4.69) is 15.9 Å². The predicted molar refractivity (Wildman–Crippen MR) is 71.3 cm³/mol. The predicted octanol–water partition coefficient (Wildman–Crippen LogP) is 2.13. The van der Waals surface area contributed by atoms with Crippen molar-refractivity contribution in [1.29, 1.82) is 0 Å². The van der Waals surface area contributed by atoms with Gasteiger partial charge in [0.05, 0.1) is 9.82 Å². The van der Waals surface area contributed by atoms with Gasteiger partial charge in [0.1, 0.15) is 0 Å². The highest BCUT2D eigenvalue weighted by atomic mass is 79.9. The van der Waals surface area contributed by atoms with Crippen LogP contribution in [0.15, 0.2) is 23.1 Å². The average molecular weight is 337 g/mol. The molecule has 1 aromatic rings. The Morgan fingerprint density at radius 3 is 2.33 bits per heavy atom. The van der Waals surface area contributed by atoms with Gasteiger partial charge >= 0.3 is 0 Å². The third kappa shape index (κ3) is 3.27. The molecule has 1 rings (SSSR count). The lowest BCUT2D eigenvalue weighted by Crippen LogP contribution is -2.14. The van der Waals surface area contributed by atoms with E-state index in [0.29, 0.717) is 5.56 Å². The van der Waals surface area contributed by atoms with E-state index in [0.717, 1.165) is 6.07 Å². The molecular weight excluding hydrogens is 324 g/mol. The zero-order valence-corrected chi connectivity index (χ0v) is 12.2. The standard InChI is InChI=1S/C10H13BrN2O4S/c1-6(7(2)11)9-4-3-8(18(12,16)17)5-10(9)13(14)15/h3-7H,1-2H3,(H2,12,16,17). The topological polar surface area (TPSA) is 103 Å². The van der Waals surface area contributed by atoms with Gasteiger partial charge < -0.3 is 0 Å². The molecule has 18 heavy (non-hydrogen) atoms. The van der Waals surface area contributed by atoms with Crippen molar-refractivity contribution in [3.8, 4) is 0 Å². The number of rotatable bonds is 4. The highest BCUT2D eigenvalue weighted by Gasteiger charge is 2.24. The molecule has 6 nitrogen and oxygen atoms in total. The van der Waals surface area contributed by atoms with Crippen molar-refractivity contribution in [3.63, 3.8) is 0 Å². The zero-order valence-electron chi connectivity index (χ0n) is 9.83. The number of nitrogens with two attached hydrogens (primary N) is 1. The minimum atomic E-state index is -3.94. The third-order valence-corrected chi connectivity index (χ3v) is 4.41. The first-order chi connectivity index (χ1) is 8.14. The molecule has 2 atom stereocenters. The second-order valence-corrected chi connectivity index (χ2v) is 6.99. The SMILES string of the molecule is CC(Br)C(C)c1ccc(S(N)(=O)=O)cc1[N+](=O)[O-]. The van der Waals surface area contributed by atoms with Crippen LogP contribution in [0.25, 0.3) is 0 Å². The number of nitro benzene ring substituents is 1. The van der Waals surface area contributed by atoms with Gasteiger partial charge in [-0.25, -0.2) is 13.6 Å². The number of hydrogen-bond acceptors (Lipinski definition) is 4. The Labute approximate surface area is 114 Å². The number of alkyl halides is 1. The number of nitrogens with zero attached hydrogens (tertiary/aromatic N) is 1. The van der Waals surface area contributed by atoms with Gasteiger partial charge in [-0.05, 0) is 6.07 Å². The lowest BCUT2D eigenvalue weighted by Gasteiger charge is -2.15. The zero-order chi connectivity index (χ0) is 14.1. The maximum atomic E-state index is 11.2. The maximum absolute atomic E-state index is 11.2. The fraction of sp³-hybridized carbons (Fsp3) is 0.400. The summed E-state index contributed by atoms with van der Waals surface area (Å²) in [7, 11) is -3.94. The van der Waals surface area contributed by atoms with Crippen LogP contribution in [0.2, 0.25) is 0 Å². The lowest BCUT2D eigenvalue weighted by atomic mass is 9.97. The first-order valence-electron chi connectivity index (χ1n) is 5.09. The Balaban J connectivity index is 3.43. The molecule has 0 fully saturated rings. The molecule has 0 radical (unpaired) electrons. The summed E-state index contributed by atoms with van der Waals surface area (Å²) in [5, 5.41) is 15.9. The first kappa shape index (κ1) is 15.1. The molecule has 0 aliphatic heterocycles. The number of hydrogen-bond donors (Lipinski definition) is 1. The smallest absolute Gasteiger partial charge is 0.258 e. The van der Waals surface area contributed by atoms with Crippen molar-refractivity contribution >= 4 is 31.6 Å². The second-order valence-electron chi connectivity index (χ2n) is 3.99. The number of halogens is 1. The summed E-state index contributed by atoms with van der Waals surface area (Å²) in [5.74, 6) is -0.125. The van der Waals surface area contributed by atoms with Crippen LogP contribution in [0.4, 0.5) is 5.69 Å². The minimum absolute atomic E-state index is 0.0246. The molecule has 100 valence electrons. The fourth-order valence-corrected chi connectivity index (χ4v) is 2.31. The first-order valence-corrected chi connectivity index (χ1v) is 7.56. The summed E-state index contributed by atoms with van der Waals surface area (Å²) in [4.78, 5) is 10.1. The molecule has 2 N–H and O–H groups in total. The molecule has 8 heteroatoms. The van der Waals surface area contributed by atoms with Crippen LogP contribution < -0.4 is 5.14 Å². The van der Waals surface area contributed by atoms with Crippen molar-refractivity contribution in [2.45, 2.75) is 29.5 Å². The van der Waals surface area contributed by atoms with Crippen LogP contribution in [0.3, 0.4) is 0 Å². The Morgan fingerprint density at radius 2 is 1.94 bits per heavy atom. The van der Waals surface area contributed by atoms with Crippen molar-refractivity contribution in [3.05, 3.63) is 33.9 Å². The lowest BCUT2D eigenvalue weighted by molar-refractivity contribution is -0.385. The van der Waals surface area contributed by atoms with E-state index in [-0.39, 0.29) is 21.3 Å². The van der Waals surface area contributed by atoms with Crippen LogP contribution >= 0.6 is 15.9 Å². The molecule has 0 amide bonds. The van der Waals surface area contributed by atoms with Gasteiger partial charge in [-0.2, -0.15) is 0 Å². The van der Waals surface area contributed by atoms with Gasteiger partial charge in [0, 0.05) is 22.4 Å². The molecule has 0 bridgehead atoms. The second kappa shape index (κ2) is 5.33. The molecule has 0 aromatic heterocycles. The van der Waals surface area contributed by atoms with Gasteiger partial charge in [0.2, 0.25) is 10.0 Å². The quantitative estimate of drug-likeness (QED) is 0.516. The maximum Gasteiger partial charge on any atom is 0.274 e. The minimum Gasteiger partial charge on any atom is -0.258 e. The van der Waals surface area contributed by atoms with Crippen LogP contribution in [-0.2, 0) is 10.0 Å². The van der Waals surface area contributed by atoms with Crippen LogP contribution in [0, 0.1) is 10.1 Å². The fourth-order valence-electron chi connectivity index (χ4n) is 1.49. The molecule has 0 aliphatic rings. The summed E-state index contributed by atoms with van der Waals surface area (Å²) in [6.07, 6.45) is 0. The summed E-state index contributed by atoms with van der Waals surface area (Å²) < 4.78 is 22.3. The molecule has 0 saturated carbocycles. The summed E-state index contributed by atoms with van der Waals surface area (Å²) >= 11 is 3.35. The van der Waals surface area contributed by atoms with E-state index in [4.69, 9.17) is 5.14 Å². The van der Waals surface area contributed by atoms with E-state index in [1.165, 1.54) is 12.1 Å². The molecule has 0 heterocycles. The normalized spacial score (nSPS) is 15.1. The Bertz CT molecular complexity index is 571. The highest BCUT2D eigenvalue weighted by molar-refractivity contribution is 9.09. The van der Waals surface area contributed by atoms with E-state index in [1.54, 1.807) is 0 Å². The van der Waals surface area contributed by atoms with Crippen molar-refractivity contribution < 1.29 is 13.3 Å². The summed E-state index contributed by atoms with van der Waals surface area (Å²) in [5.41, 5.74) is 0.233. The van der Waals surface area contributed by atoms with Gasteiger partial charge in [0.25, 0.3) is 5.69 Å². The Hall–Kier alpha value is -0.990. The molecular formula is C10H13BrN2O4S. The van der Waals surface area contributed by atoms with Crippen molar-refractivity contribution in [1.82, 2.24) is 0 Å².